The zero-order chi connectivity index (χ0) is 30.8. The SMILES string of the molecule is CC.COC(=O)C1=C(C)N(c2cccc(C(=O)OC)c2)C(=O)NC1c1cccc(OCc2ccccc2)c1OC(C)=O. The van der Waals surface area contributed by atoms with Gasteiger partial charge in [-0.05, 0) is 36.8 Å². The zero-order valence-electron chi connectivity index (χ0n) is 24.4. The summed E-state index contributed by atoms with van der Waals surface area (Å²) in [4.78, 5) is 52.1. The number of hydrogen-bond donors (Lipinski definition) is 1. The van der Waals surface area contributed by atoms with Crippen LogP contribution in [0.25, 0.3) is 0 Å². The van der Waals surface area contributed by atoms with E-state index in [1.807, 2.05) is 44.2 Å². The van der Waals surface area contributed by atoms with E-state index in [1.54, 1.807) is 43.3 Å². The minimum atomic E-state index is -1.05. The van der Waals surface area contributed by atoms with Crippen LogP contribution in [-0.4, -0.2) is 38.2 Å². The van der Waals surface area contributed by atoms with Crippen molar-refractivity contribution in [3.63, 3.8) is 0 Å². The van der Waals surface area contributed by atoms with Gasteiger partial charge < -0.3 is 24.3 Å². The third-order valence-electron chi connectivity index (χ3n) is 6.22. The minimum absolute atomic E-state index is 0.0616. The van der Waals surface area contributed by atoms with Crippen molar-refractivity contribution in [3.8, 4) is 11.5 Å². The Morgan fingerprint density at radius 2 is 1.55 bits per heavy atom. The van der Waals surface area contributed by atoms with Crippen molar-refractivity contribution in [2.24, 2.45) is 0 Å². The Balaban J connectivity index is 0.00000237. The summed E-state index contributed by atoms with van der Waals surface area (Å²) in [5.41, 5.74) is 2.12. The van der Waals surface area contributed by atoms with Crippen molar-refractivity contribution in [3.05, 3.63) is 101 Å². The molecule has 1 heterocycles. The molecule has 10 heteroatoms. The summed E-state index contributed by atoms with van der Waals surface area (Å²) in [6, 6.07) is 19.0. The molecule has 10 nitrogen and oxygen atoms in total. The van der Waals surface area contributed by atoms with Crippen molar-refractivity contribution in [2.75, 3.05) is 19.1 Å². The molecule has 0 bridgehead atoms. The number of allylic oxidation sites excluding steroid dienone is 1. The average Bonchev–Trinajstić information content (AvgIpc) is 3.01. The normalized spacial score (nSPS) is 14.2. The molecule has 1 N–H and O–H groups in total. The molecule has 2 amide bonds. The van der Waals surface area contributed by atoms with E-state index in [1.165, 1.54) is 32.1 Å². The van der Waals surface area contributed by atoms with E-state index in [0.717, 1.165) is 5.56 Å². The van der Waals surface area contributed by atoms with E-state index in [-0.39, 0.29) is 34.9 Å². The fourth-order valence-corrected chi connectivity index (χ4v) is 4.41. The first kappa shape index (κ1) is 31.4. The average molecular weight is 575 g/mol. The first-order valence-electron chi connectivity index (χ1n) is 13.3. The van der Waals surface area contributed by atoms with Crippen LogP contribution in [0, 0.1) is 0 Å². The Labute approximate surface area is 244 Å². The zero-order valence-corrected chi connectivity index (χ0v) is 24.4. The summed E-state index contributed by atoms with van der Waals surface area (Å²) < 4.78 is 21.4. The second kappa shape index (κ2) is 14.5. The van der Waals surface area contributed by atoms with Gasteiger partial charge in [0.25, 0.3) is 0 Å². The summed E-state index contributed by atoms with van der Waals surface area (Å²) in [6.07, 6.45) is 0. The summed E-state index contributed by atoms with van der Waals surface area (Å²) in [5.74, 6) is -1.58. The van der Waals surface area contributed by atoms with Crippen LogP contribution >= 0.6 is 0 Å². The number of urea groups is 1. The van der Waals surface area contributed by atoms with Crippen LogP contribution in [0.5, 0.6) is 11.5 Å². The molecule has 0 spiro atoms. The Hall–Kier alpha value is -5.12. The third-order valence-corrected chi connectivity index (χ3v) is 6.22. The van der Waals surface area contributed by atoms with Crippen LogP contribution in [0.1, 0.15) is 55.2 Å². The number of hydrogen-bond acceptors (Lipinski definition) is 8. The Morgan fingerprint density at radius 1 is 0.881 bits per heavy atom. The quantitative estimate of drug-likeness (QED) is 0.268. The van der Waals surface area contributed by atoms with Gasteiger partial charge in [-0.15, -0.1) is 0 Å². The lowest BCUT2D eigenvalue weighted by Crippen LogP contribution is -2.48. The molecule has 1 unspecified atom stereocenters. The Kier molecular flexibility index (Phi) is 10.8. The first-order chi connectivity index (χ1) is 20.2. The molecule has 0 radical (unpaired) electrons. The number of methoxy groups -OCH3 is 2. The summed E-state index contributed by atoms with van der Waals surface area (Å²) in [7, 11) is 2.48. The van der Waals surface area contributed by atoms with Crippen LogP contribution in [0.15, 0.2) is 84.1 Å². The number of amides is 2. The van der Waals surface area contributed by atoms with Gasteiger partial charge in [0, 0.05) is 18.2 Å². The smallest absolute Gasteiger partial charge is 0.337 e. The van der Waals surface area contributed by atoms with Gasteiger partial charge in [-0.3, -0.25) is 9.69 Å². The molecule has 4 rings (SSSR count). The third kappa shape index (κ3) is 6.95. The van der Waals surface area contributed by atoms with Gasteiger partial charge in [0.1, 0.15) is 6.61 Å². The van der Waals surface area contributed by atoms with E-state index >= 15 is 0 Å². The Bertz CT molecular complexity index is 1480. The van der Waals surface area contributed by atoms with Gasteiger partial charge in [-0.25, -0.2) is 14.4 Å². The highest BCUT2D eigenvalue weighted by molar-refractivity contribution is 6.04. The topological polar surface area (TPSA) is 120 Å². The molecule has 3 aromatic rings. The second-order valence-electron chi connectivity index (χ2n) is 8.79. The summed E-state index contributed by atoms with van der Waals surface area (Å²) >= 11 is 0. The molecule has 3 aromatic carbocycles. The Morgan fingerprint density at radius 3 is 2.19 bits per heavy atom. The number of anilines is 1. The number of para-hydroxylation sites is 1. The minimum Gasteiger partial charge on any atom is -0.485 e. The van der Waals surface area contributed by atoms with Crippen molar-refractivity contribution < 1.29 is 38.1 Å². The lowest BCUT2D eigenvalue weighted by molar-refractivity contribution is -0.136. The van der Waals surface area contributed by atoms with E-state index in [4.69, 9.17) is 18.9 Å². The maximum atomic E-state index is 13.5. The van der Waals surface area contributed by atoms with Crippen molar-refractivity contribution >= 4 is 29.6 Å². The van der Waals surface area contributed by atoms with Crippen LogP contribution in [0.4, 0.5) is 10.5 Å². The molecular formula is C32H34N2O8. The maximum Gasteiger partial charge on any atom is 0.337 e. The molecular weight excluding hydrogens is 540 g/mol. The molecule has 0 fully saturated rings. The second-order valence-corrected chi connectivity index (χ2v) is 8.79. The van der Waals surface area contributed by atoms with Crippen LogP contribution in [0.2, 0.25) is 0 Å². The summed E-state index contributed by atoms with van der Waals surface area (Å²) in [5, 5.41) is 2.82. The molecule has 1 atom stereocenters. The summed E-state index contributed by atoms with van der Waals surface area (Å²) in [6.45, 7) is 7.03. The maximum absolute atomic E-state index is 13.5. The number of ether oxygens (including phenoxy) is 4. The lowest BCUT2D eigenvalue weighted by Gasteiger charge is -2.35. The lowest BCUT2D eigenvalue weighted by atomic mass is 9.93. The van der Waals surface area contributed by atoms with Gasteiger partial charge >= 0.3 is 23.9 Å². The fraction of sp³-hybridized carbons (Fsp3) is 0.250. The van der Waals surface area contributed by atoms with E-state index in [9.17, 15) is 19.2 Å². The van der Waals surface area contributed by atoms with Crippen LogP contribution in [-0.2, 0) is 25.7 Å². The van der Waals surface area contributed by atoms with E-state index in [2.05, 4.69) is 5.32 Å². The first-order valence-corrected chi connectivity index (χ1v) is 13.3. The molecule has 0 aliphatic carbocycles. The van der Waals surface area contributed by atoms with Gasteiger partial charge in [-0.2, -0.15) is 0 Å². The monoisotopic (exact) mass is 574 g/mol. The molecule has 1 aliphatic heterocycles. The highest BCUT2D eigenvalue weighted by atomic mass is 16.6. The van der Waals surface area contributed by atoms with Gasteiger partial charge in [0.2, 0.25) is 0 Å². The van der Waals surface area contributed by atoms with Crippen LogP contribution in [0.3, 0.4) is 0 Å². The highest BCUT2D eigenvalue weighted by Crippen LogP contribution is 2.42. The van der Waals surface area contributed by atoms with Crippen molar-refractivity contribution in [1.29, 1.82) is 0 Å². The number of nitrogens with one attached hydrogen (secondary N) is 1. The molecule has 220 valence electrons. The molecule has 0 saturated heterocycles. The van der Waals surface area contributed by atoms with Crippen molar-refractivity contribution in [1.82, 2.24) is 5.32 Å². The fourth-order valence-electron chi connectivity index (χ4n) is 4.41. The van der Waals surface area contributed by atoms with Gasteiger partial charge in [0.15, 0.2) is 11.5 Å². The highest BCUT2D eigenvalue weighted by Gasteiger charge is 2.39. The predicted octanol–water partition coefficient (Wildman–Crippen LogP) is 5.72. The number of nitrogens with zero attached hydrogens (tertiary/aromatic N) is 1. The molecule has 1 aliphatic rings. The number of carbonyl (C=O) groups excluding carboxylic acids is 4. The number of esters is 3. The van der Waals surface area contributed by atoms with Crippen LogP contribution < -0.4 is 19.7 Å². The van der Waals surface area contributed by atoms with Crippen molar-refractivity contribution in [2.45, 2.75) is 40.3 Å². The number of benzene rings is 3. The molecule has 42 heavy (non-hydrogen) atoms. The standard InChI is InChI=1S/C30H28N2O8.C2H6/c1-18-25(29(35)38-4)26(31-30(36)32(18)22-13-8-12-21(16-22)28(34)37-3)23-14-9-15-24(27(23)40-19(2)33)39-17-20-10-6-5-7-11-20;1-2/h5-16,26H,17H2,1-4H3,(H,31,36);1-2H3. The number of rotatable bonds is 8. The van der Waals surface area contributed by atoms with E-state index in [0.29, 0.717) is 11.3 Å². The largest absolute Gasteiger partial charge is 0.485 e. The van der Waals surface area contributed by atoms with Gasteiger partial charge in [-0.1, -0.05) is 62.4 Å². The predicted molar refractivity (Wildman–Crippen MR) is 156 cm³/mol. The molecule has 0 saturated carbocycles. The molecule has 0 aromatic heterocycles. The van der Waals surface area contributed by atoms with E-state index < -0.39 is 30.0 Å². The number of carbonyl (C=O) groups is 4. The van der Waals surface area contributed by atoms with Gasteiger partial charge in [0.05, 0.1) is 37.1 Å².